The van der Waals surface area contributed by atoms with Crippen molar-refractivity contribution in [1.29, 1.82) is 0 Å². The van der Waals surface area contributed by atoms with Crippen LogP contribution in [0.4, 0.5) is 5.69 Å². The number of rotatable bonds is 6. The molecule has 2 amide bonds. The first-order chi connectivity index (χ1) is 15.6. The zero-order valence-corrected chi connectivity index (χ0v) is 20.6. The van der Waals surface area contributed by atoms with Crippen molar-refractivity contribution in [2.24, 2.45) is 4.99 Å². The van der Waals surface area contributed by atoms with Gasteiger partial charge in [0.15, 0.2) is 5.17 Å². The van der Waals surface area contributed by atoms with E-state index in [0.717, 1.165) is 11.1 Å². The Morgan fingerprint density at radius 1 is 0.939 bits per heavy atom. The molecule has 0 radical (unpaired) electrons. The first-order valence-electron chi connectivity index (χ1n) is 9.99. The normalized spacial score (nSPS) is 15.5. The molecule has 1 N–H and O–H groups in total. The third-order valence-corrected chi connectivity index (χ3v) is 5.98. The highest BCUT2D eigenvalue weighted by Crippen LogP contribution is 2.32. The highest BCUT2D eigenvalue weighted by Gasteiger charge is 2.33. The molecule has 3 aromatic carbocycles. The molecule has 1 aliphatic rings. The van der Waals surface area contributed by atoms with Gasteiger partial charge in [0.05, 0.1) is 18.0 Å². The lowest BCUT2D eigenvalue weighted by Crippen LogP contribution is -3.00. The van der Waals surface area contributed by atoms with Gasteiger partial charge in [-0.15, -0.1) is 0 Å². The van der Waals surface area contributed by atoms with Gasteiger partial charge in [0.25, 0.3) is 5.91 Å². The van der Waals surface area contributed by atoms with Crippen molar-refractivity contribution in [2.45, 2.75) is 13.1 Å². The molecule has 0 bridgehead atoms. The van der Waals surface area contributed by atoms with Gasteiger partial charge in [0.1, 0.15) is 0 Å². The third-order valence-electron chi connectivity index (χ3n) is 4.69. The van der Waals surface area contributed by atoms with Crippen LogP contribution in [-0.4, -0.2) is 21.9 Å². The van der Waals surface area contributed by atoms with Crippen LogP contribution in [0.2, 0.25) is 5.02 Å². The number of halogens is 2. The van der Waals surface area contributed by atoms with Crippen molar-refractivity contribution in [3.05, 3.63) is 112 Å². The van der Waals surface area contributed by atoms with E-state index < -0.39 is 0 Å². The fourth-order valence-electron chi connectivity index (χ4n) is 3.10. The molecular formula is C25H20BrClN3O2S-. The lowest BCUT2D eigenvalue weighted by atomic mass is 10.2. The Hall–Kier alpha value is -2.87. The van der Waals surface area contributed by atoms with Gasteiger partial charge >= 0.3 is 0 Å². The van der Waals surface area contributed by atoms with Crippen molar-refractivity contribution >= 4 is 46.0 Å². The summed E-state index contributed by atoms with van der Waals surface area (Å²) in [6.45, 7) is 0.836. The summed E-state index contributed by atoms with van der Waals surface area (Å²) >= 11 is 7.10. The standard InChI is InChI=1S/C25H20ClN3O2S.BrH/c26-20-11-13-21(14-12-20)28-23(30)15-22-24(31)29(17-19-9-5-2-6-10-19)25(32-22)27-16-18-7-3-1-4-8-18;/h1-15H,16-17H2,(H,28,30);1H/p-1/b22-15-,27-25?;. The largest absolute Gasteiger partial charge is 1.00 e. The molecule has 0 aromatic heterocycles. The summed E-state index contributed by atoms with van der Waals surface area (Å²) < 4.78 is 0. The van der Waals surface area contributed by atoms with E-state index in [1.54, 1.807) is 29.2 Å². The molecule has 1 fully saturated rings. The van der Waals surface area contributed by atoms with Crippen LogP contribution < -0.4 is 22.3 Å². The summed E-state index contributed by atoms with van der Waals surface area (Å²) in [5.41, 5.74) is 2.64. The molecule has 0 unspecified atom stereocenters. The van der Waals surface area contributed by atoms with E-state index in [4.69, 9.17) is 11.6 Å². The second-order valence-electron chi connectivity index (χ2n) is 7.07. The van der Waals surface area contributed by atoms with Gasteiger partial charge in [-0.1, -0.05) is 72.3 Å². The number of nitrogens with one attached hydrogen (secondary N) is 1. The Balaban J connectivity index is 0.00000306. The number of amides is 2. The Bertz CT molecular complexity index is 1170. The highest BCUT2D eigenvalue weighted by molar-refractivity contribution is 8.18. The maximum Gasteiger partial charge on any atom is 0.267 e. The summed E-state index contributed by atoms with van der Waals surface area (Å²) in [7, 11) is 0. The van der Waals surface area contributed by atoms with Gasteiger partial charge in [0.2, 0.25) is 5.91 Å². The zero-order valence-electron chi connectivity index (χ0n) is 17.4. The molecule has 5 nitrogen and oxygen atoms in total. The first-order valence-corrected chi connectivity index (χ1v) is 11.2. The van der Waals surface area contributed by atoms with Gasteiger partial charge in [-0.2, -0.15) is 0 Å². The highest BCUT2D eigenvalue weighted by atomic mass is 79.9. The molecule has 0 saturated carbocycles. The second kappa shape index (κ2) is 11.8. The molecule has 33 heavy (non-hydrogen) atoms. The fraction of sp³-hybridized carbons (Fsp3) is 0.0800. The van der Waals surface area contributed by atoms with Crippen molar-refractivity contribution in [3.8, 4) is 0 Å². The van der Waals surface area contributed by atoms with Crippen LogP contribution in [0, 0.1) is 0 Å². The number of hydrogen-bond acceptors (Lipinski definition) is 4. The predicted octanol–water partition coefficient (Wildman–Crippen LogP) is 2.50. The van der Waals surface area contributed by atoms with Gasteiger partial charge in [-0.3, -0.25) is 19.5 Å². The third kappa shape index (κ3) is 6.81. The number of nitrogens with zero attached hydrogens (tertiary/aromatic N) is 2. The molecule has 3 aromatic rings. The predicted molar refractivity (Wildman–Crippen MR) is 130 cm³/mol. The molecule has 1 aliphatic heterocycles. The van der Waals surface area contributed by atoms with E-state index in [1.807, 2.05) is 60.7 Å². The Morgan fingerprint density at radius 3 is 2.18 bits per heavy atom. The minimum absolute atomic E-state index is 0. The SMILES string of the molecule is O=C(/C=C1\SC(=NCc2ccccc2)N(Cc2ccccc2)C1=O)Nc1ccc(Cl)cc1.[Br-]. The maximum atomic E-state index is 13.1. The van der Waals surface area contributed by atoms with Gasteiger partial charge in [-0.25, -0.2) is 0 Å². The van der Waals surface area contributed by atoms with E-state index >= 15 is 0 Å². The Morgan fingerprint density at radius 2 is 1.55 bits per heavy atom. The molecule has 0 spiro atoms. The number of amidine groups is 1. The van der Waals surface area contributed by atoms with Crippen LogP contribution in [0.5, 0.6) is 0 Å². The minimum atomic E-state index is -0.382. The molecule has 0 aliphatic carbocycles. The monoisotopic (exact) mass is 540 g/mol. The summed E-state index contributed by atoms with van der Waals surface area (Å²) in [5.74, 6) is -0.621. The van der Waals surface area contributed by atoms with Crippen LogP contribution in [0.3, 0.4) is 0 Å². The van der Waals surface area contributed by atoms with Gasteiger partial charge in [0, 0.05) is 16.8 Å². The molecule has 1 saturated heterocycles. The smallest absolute Gasteiger partial charge is 0.267 e. The molecule has 8 heteroatoms. The van der Waals surface area contributed by atoms with Crippen molar-refractivity contribution in [3.63, 3.8) is 0 Å². The van der Waals surface area contributed by atoms with Crippen molar-refractivity contribution in [2.75, 3.05) is 5.32 Å². The number of hydrogen-bond donors (Lipinski definition) is 1. The van der Waals surface area contributed by atoms with Gasteiger partial charge in [-0.05, 0) is 47.2 Å². The van der Waals surface area contributed by atoms with E-state index in [1.165, 1.54) is 17.8 Å². The first kappa shape index (κ1) is 24.8. The number of thioether (sulfide) groups is 1. The fourth-order valence-corrected chi connectivity index (χ4v) is 4.18. The molecule has 0 atom stereocenters. The second-order valence-corrected chi connectivity index (χ2v) is 8.51. The van der Waals surface area contributed by atoms with Crippen LogP contribution in [0.15, 0.2) is 101 Å². The van der Waals surface area contributed by atoms with Crippen LogP contribution in [-0.2, 0) is 22.7 Å². The lowest BCUT2D eigenvalue weighted by Gasteiger charge is -2.15. The number of aliphatic imine (C=N–C) groups is 1. The summed E-state index contributed by atoms with van der Waals surface area (Å²) in [4.78, 5) is 32.2. The molecule has 168 valence electrons. The van der Waals surface area contributed by atoms with Gasteiger partial charge < -0.3 is 22.3 Å². The number of carbonyl (C=O) groups is 2. The van der Waals surface area contributed by atoms with E-state index in [-0.39, 0.29) is 28.8 Å². The molecule has 4 rings (SSSR count). The summed E-state index contributed by atoms with van der Waals surface area (Å²) in [6, 6.07) is 26.3. The van der Waals surface area contributed by atoms with E-state index in [2.05, 4.69) is 10.3 Å². The van der Waals surface area contributed by atoms with Crippen LogP contribution in [0.25, 0.3) is 0 Å². The average Bonchev–Trinajstić information content (AvgIpc) is 3.09. The van der Waals surface area contributed by atoms with E-state index in [0.29, 0.717) is 33.9 Å². The summed E-state index contributed by atoms with van der Waals surface area (Å²) in [5, 5.41) is 3.92. The zero-order chi connectivity index (χ0) is 22.3. The van der Waals surface area contributed by atoms with Crippen LogP contribution in [0.1, 0.15) is 11.1 Å². The Kier molecular flexibility index (Phi) is 8.88. The summed E-state index contributed by atoms with van der Waals surface area (Å²) in [6.07, 6.45) is 1.32. The number of benzene rings is 3. The van der Waals surface area contributed by atoms with Crippen LogP contribution >= 0.6 is 23.4 Å². The Labute approximate surface area is 212 Å². The minimum Gasteiger partial charge on any atom is -1.00 e. The quantitative estimate of drug-likeness (QED) is 0.488. The van der Waals surface area contributed by atoms with Crippen molar-refractivity contribution in [1.82, 2.24) is 4.90 Å². The number of carbonyl (C=O) groups excluding carboxylic acids is 2. The topological polar surface area (TPSA) is 61.8 Å². The molecular weight excluding hydrogens is 522 g/mol. The average molecular weight is 542 g/mol. The van der Waals surface area contributed by atoms with Crippen molar-refractivity contribution < 1.29 is 26.6 Å². The number of anilines is 1. The van der Waals surface area contributed by atoms with E-state index in [9.17, 15) is 9.59 Å². The molecule has 1 heterocycles. The maximum absolute atomic E-state index is 13.1. The lowest BCUT2D eigenvalue weighted by molar-refractivity contribution is -0.123.